The first-order valence-electron chi connectivity index (χ1n) is 5.48. The number of anilines is 1. The lowest BCUT2D eigenvalue weighted by Crippen LogP contribution is -2.12. The molecule has 7 heteroatoms. The first kappa shape index (κ1) is 14.0. The number of aryl methyl sites for hydroxylation is 1. The summed E-state index contributed by atoms with van der Waals surface area (Å²) in [6.07, 6.45) is 0. The van der Waals surface area contributed by atoms with Crippen molar-refractivity contribution in [2.75, 3.05) is 5.32 Å². The molecule has 1 heterocycles. The zero-order valence-corrected chi connectivity index (χ0v) is 11.8. The average Bonchev–Trinajstić information content (AvgIpc) is 2.72. The van der Waals surface area contributed by atoms with Crippen molar-refractivity contribution < 1.29 is 12.8 Å². The van der Waals surface area contributed by atoms with Crippen molar-refractivity contribution in [1.82, 2.24) is 0 Å². The number of nitrogens with one attached hydrogen (secondary N) is 1. The minimum atomic E-state index is -3.87. The monoisotopic (exact) mass is 300 g/mol. The van der Waals surface area contributed by atoms with E-state index in [1.54, 1.807) is 11.3 Å². The second-order valence-corrected chi connectivity index (χ2v) is 6.99. The van der Waals surface area contributed by atoms with E-state index >= 15 is 0 Å². The Hall–Kier alpha value is -1.44. The van der Waals surface area contributed by atoms with Crippen LogP contribution in [0.4, 0.5) is 10.1 Å². The highest BCUT2D eigenvalue weighted by Gasteiger charge is 2.11. The predicted octanol–water partition coefficient (Wildman–Crippen LogP) is 2.46. The third-order valence-electron chi connectivity index (χ3n) is 2.52. The van der Waals surface area contributed by atoms with E-state index in [2.05, 4.69) is 5.32 Å². The number of hydrogen-bond acceptors (Lipinski definition) is 4. The summed E-state index contributed by atoms with van der Waals surface area (Å²) in [5.41, 5.74) is 0.249. The second kappa shape index (κ2) is 5.28. The fourth-order valence-corrected chi connectivity index (χ4v) is 2.93. The molecule has 0 spiro atoms. The minimum Gasteiger partial charge on any atom is -0.378 e. The number of benzene rings is 1. The van der Waals surface area contributed by atoms with Crippen molar-refractivity contribution in [3.8, 4) is 0 Å². The molecule has 0 fully saturated rings. The Balaban J connectivity index is 2.14. The molecule has 2 aromatic rings. The Morgan fingerprint density at radius 3 is 2.58 bits per heavy atom. The van der Waals surface area contributed by atoms with Gasteiger partial charge >= 0.3 is 0 Å². The molecule has 1 aromatic heterocycles. The van der Waals surface area contributed by atoms with Crippen molar-refractivity contribution in [3.63, 3.8) is 0 Å². The molecular weight excluding hydrogens is 287 g/mol. The summed E-state index contributed by atoms with van der Waals surface area (Å²) < 4.78 is 35.9. The van der Waals surface area contributed by atoms with Crippen LogP contribution in [0.5, 0.6) is 0 Å². The van der Waals surface area contributed by atoms with E-state index in [4.69, 9.17) is 5.14 Å². The number of rotatable bonds is 4. The van der Waals surface area contributed by atoms with Crippen LogP contribution in [0.25, 0.3) is 0 Å². The molecule has 0 aliphatic carbocycles. The van der Waals surface area contributed by atoms with Crippen molar-refractivity contribution in [3.05, 3.63) is 45.9 Å². The molecular formula is C12H13FN2O2S2. The quantitative estimate of drug-likeness (QED) is 0.911. The molecule has 0 saturated carbocycles. The summed E-state index contributed by atoms with van der Waals surface area (Å²) in [5, 5.41) is 7.85. The predicted molar refractivity (Wildman–Crippen MR) is 74.2 cm³/mol. The maximum atomic E-state index is 13.7. The molecule has 0 aliphatic rings. The Bertz CT molecular complexity index is 696. The van der Waals surface area contributed by atoms with Crippen molar-refractivity contribution >= 4 is 27.0 Å². The van der Waals surface area contributed by atoms with E-state index < -0.39 is 15.8 Å². The van der Waals surface area contributed by atoms with Gasteiger partial charge in [-0.05, 0) is 37.3 Å². The number of primary sulfonamides is 1. The fraction of sp³-hybridized carbons (Fsp3) is 0.167. The van der Waals surface area contributed by atoms with Gasteiger partial charge in [0.1, 0.15) is 5.82 Å². The molecule has 19 heavy (non-hydrogen) atoms. The first-order valence-corrected chi connectivity index (χ1v) is 7.84. The van der Waals surface area contributed by atoms with Gasteiger partial charge in [-0.1, -0.05) is 0 Å². The number of sulfonamides is 1. The van der Waals surface area contributed by atoms with Gasteiger partial charge in [-0.3, -0.25) is 0 Å². The van der Waals surface area contributed by atoms with Crippen LogP contribution in [0.2, 0.25) is 0 Å². The molecule has 102 valence electrons. The average molecular weight is 300 g/mol. The third kappa shape index (κ3) is 3.52. The molecule has 3 N–H and O–H groups in total. The van der Waals surface area contributed by atoms with Crippen LogP contribution >= 0.6 is 11.3 Å². The molecule has 0 atom stereocenters. The highest BCUT2D eigenvalue weighted by molar-refractivity contribution is 7.89. The number of thiophene rings is 1. The van der Waals surface area contributed by atoms with Gasteiger partial charge in [0, 0.05) is 16.3 Å². The van der Waals surface area contributed by atoms with Crippen molar-refractivity contribution in [2.45, 2.75) is 18.4 Å². The summed E-state index contributed by atoms with van der Waals surface area (Å²) >= 11 is 1.62. The zero-order chi connectivity index (χ0) is 14.0. The molecule has 0 radical (unpaired) electrons. The van der Waals surface area contributed by atoms with E-state index in [0.717, 1.165) is 10.9 Å². The number of halogens is 1. The summed E-state index contributed by atoms with van der Waals surface area (Å²) in [5.74, 6) is -0.639. The van der Waals surface area contributed by atoms with E-state index in [0.29, 0.717) is 6.54 Å². The highest BCUT2D eigenvalue weighted by Crippen LogP contribution is 2.21. The van der Waals surface area contributed by atoms with E-state index in [-0.39, 0.29) is 10.6 Å². The Morgan fingerprint density at radius 1 is 1.32 bits per heavy atom. The van der Waals surface area contributed by atoms with E-state index in [9.17, 15) is 12.8 Å². The fourth-order valence-electron chi connectivity index (χ4n) is 1.58. The van der Waals surface area contributed by atoms with Gasteiger partial charge in [0.25, 0.3) is 0 Å². The van der Waals surface area contributed by atoms with Gasteiger partial charge in [0.15, 0.2) is 0 Å². The maximum Gasteiger partial charge on any atom is 0.238 e. The van der Waals surface area contributed by atoms with Gasteiger partial charge in [-0.2, -0.15) is 0 Å². The molecule has 0 saturated heterocycles. The van der Waals surface area contributed by atoms with Gasteiger partial charge in [-0.25, -0.2) is 17.9 Å². The molecule has 0 unspecified atom stereocenters. The van der Waals surface area contributed by atoms with Crippen LogP contribution in [0, 0.1) is 12.7 Å². The molecule has 0 bridgehead atoms. The number of hydrogen-bond donors (Lipinski definition) is 2. The second-order valence-electron chi connectivity index (χ2n) is 4.05. The Kier molecular flexibility index (Phi) is 3.88. The molecule has 0 aliphatic heterocycles. The van der Waals surface area contributed by atoms with E-state index in [1.165, 1.54) is 17.0 Å². The molecule has 1 aromatic carbocycles. The normalized spacial score (nSPS) is 11.5. The third-order valence-corrected chi connectivity index (χ3v) is 4.43. The molecule has 0 amide bonds. The summed E-state index contributed by atoms with van der Waals surface area (Å²) in [4.78, 5) is 2.02. The molecule has 2 rings (SSSR count). The standard InChI is InChI=1S/C12H13FN2O2S2/c1-8-2-3-9(18-8)7-15-12-5-4-10(6-11(12)13)19(14,16)17/h2-6,15H,7H2,1H3,(H2,14,16,17). The van der Waals surface area contributed by atoms with Crippen LogP contribution in [-0.2, 0) is 16.6 Å². The van der Waals surface area contributed by atoms with E-state index in [1.807, 2.05) is 19.1 Å². The van der Waals surface area contributed by atoms with Crippen LogP contribution in [-0.4, -0.2) is 8.42 Å². The van der Waals surface area contributed by atoms with Gasteiger partial charge < -0.3 is 5.32 Å². The maximum absolute atomic E-state index is 13.7. The zero-order valence-electron chi connectivity index (χ0n) is 10.2. The SMILES string of the molecule is Cc1ccc(CNc2ccc(S(N)(=O)=O)cc2F)s1. The van der Waals surface area contributed by atoms with Crippen LogP contribution < -0.4 is 10.5 Å². The lowest BCUT2D eigenvalue weighted by Gasteiger charge is -2.07. The van der Waals surface area contributed by atoms with Crippen LogP contribution in [0.1, 0.15) is 9.75 Å². The lowest BCUT2D eigenvalue weighted by molar-refractivity contribution is 0.593. The molecule has 4 nitrogen and oxygen atoms in total. The van der Waals surface area contributed by atoms with Gasteiger partial charge in [-0.15, -0.1) is 11.3 Å². The van der Waals surface area contributed by atoms with Crippen molar-refractivity contribution in [1.29, 1.82) is 0 Å². The summed E-state index contributed by atoms with van der Waals surface area (Å²) in [6.45, 7) is 2.49. The summed E-state index contributed by atoms with van der Waals surface area (Å²) in [6, 6.07) is 7.51. The summed E-state index contributed by atoms with van der Waals surface area (Å²) in [7, 11) is -3.87. The van der Waals surface area contributed by atoms with Crippen LogP contribution in [0.15, 0.2) is 35.2 Å². The van der Waals surface area contributed by atoms with Gasteiger partial charge in [0.05, 0.1) is 10.6 Å². The van der Waals surface area contributed by atoms with Crippen molar-refractivity contribution in [2.24, 2.45) is 5.14 Å². The highest BCUT2D eigenvalue weighted by atomic mass is 32.2. The first-order chi connectivity index (χ1) is 8.86. The lowest BCUT2D eigenvalue weighted by atomic mass is 10.3. The number of nitrogens with two attached hydrogens (primary N) is 1. The van der Waals surface area contributed by atoms with Crippen LogP contribution in [0.3, 0.4) is 0 Å². The minimum absolute atomic E-state index is 0.234. The Labute approximate surface area is 115 Å². The van der Waals surface area contributed by atoms with Gasteiger partial charge in [0.2, 0.25) is 10.0 Å². The topological polar surface area (TPSA) is 72.2 Å². The smallest absolute Gasteiger partial charge is 0.238 e. The largest absolute Gasteiger partial charge is 0.378 e. The Morgan fingerprint density at radius 2 is 2.05 bits per heavy atom.